The molecule has 132 valence electrons. The van der Waals surface area contributed by atoms with Crippen molar-refractivity contribution in [2.24, 2.45) is 5.73 Å². The van der Waals surface area contributed by atoms with Crippen LogP contribution in [0.4, 0.5) is 0 Å². The van der Waals surface area contributed by atoms with Crippen molar-refractivity contribution in [3.8, 4) is 11.5 Å². The second-order valence-electron chi connectivity index (χ2n) is 5.16. The molecule has 2 aromatic rings. The lowest BCUT2D eigenvalue weighted by atomic mass is 10.1. The van der Waals surface area contributed by atoms with Gasteiger partial charge in [0.1, 0.15) is 6.33 Å². The van der Waals surface area contributed by atoms with Crippen molar-refractivity contribution in [3.63, 3.8) is 0 Å². The first-order valence-corrected chi connectivity index (χ1v) is 7.70. The van der Waals surface area contributed by atoms with Crippen molar-refractivity contribution in [1.29, 1.82) is 0 Å². The number of nitrogens with one attached hydrogen (secondary N) is 1. The molecule has 1 aromatic carbocycles. The molecular formula is C17H20N4O4. The summed E-state index contributed by atoms with van der Waals surface area (Å²) in [6, 6.07) is 5.15. The van der Waals surface area contributed by atoms with Crippen LogP contribution in [0.5, 0.6) is 11.5 Å². The van der Waals surface area contributed by atoms with E-state index in [0.29, 0.717) is 35.7 Å². The zero-order chi connectivity index (χ0) is 18.2. The van der Waals surface area contributed by atoms with Gasteiger partial charge >= 0.3 is 0 Å². The highest BCUT2D eigenvalue weighted by Crippen LogP contribution is 2.28. The molecule has 0 fully saturated rings. The van der Waals surface area contributed by atoms with Crippen LogP contribution in [0.3, 0.4) is 0 Å². The molecule has 1 heterocycles. The van der Waals surface area contributed by atoms with E-state index >= 15 is 0 Å². The number of ether oxygens (including phenoxy) is 2. The largest absolute Gasteiger partial charge is 0.493 e. The first kappa shape index (κ1) is 18.2. The van der Waals surface area contributed by atoms with Gasteiger partial charge in [-0.2, -0.15) is 0 Å². The zero-order valence-electron chi connectivity index (χ0n) is 14.1. The lowest BCUT2D eigenvalue weighted by molar-refractivity contribution is -0.119. The fourth-order valence-electron chi connectivity index (χ4n) is 2.19. The molecule has 3 N–H and O–H groups in total. The number of nitrogens with zero attached hydrogens (tertiary/aromatic N) is 2. The Labute approximate surface area is 145 Å². The maximum absolute atomic E-state index is 12.3. The second-order valence-corrected chi connectivity index (χ2v) is 5.16. The Balaban J connectivity index is 2.05. The number of aromatic nitrogens is 2. The molecule has 8 heteroatoms. The van der Waals surface area contributed by atoms with Crippen LogP contribution < -0.4 is 20.5 Å². The smallest absolute Gasteiger partial charge is 0.255 e. The summed E-state index contributed by atoms with van der Waals surface area (Å²) in [6.07, 6.45) is 3.57. The molecule has 0 bridgehead atoms. The fourth-order valence-corrected chi connectivity index (χ4v) is 2.19. The summed E-state index contributed by atoms with van der Waals surface area (Å²) in [5.74, 6) is 0.0343. The van der Waals surface area contributed by atoms with Gasteiger partial charge in [-0.15, -0.1) is 0 Å². The maximum Gasteiger partial charge on any atom is 0.255 e. The number of primary amides is 1. The van der Waals surface area contributed by atoms with E-state index in [1.54, 1.807) is 18.2 Å². The Morgan fingerprint density at radius 3 is 2.76 bits per heavy atom. The third-order valence-electron chi connectivity index (χ3n) is 3.43. The van der Waals surface area contributed by atoms with Crippen LogP contribution in [-0.4, -0.2) is 35.5 Å². The number of amides is 2. The topological polar surface area (TPSA) is 116 Å². The van der Waals surface area contributed by atoms with Crippen LogP contribution in [0.15, 0.2) is 30.7 Å². The normalized spacial score (nSPS) is 10.2. The number of rotatable bonds is 8. The van der Waals surface area contributed by atoms with E-state index in [1.165, 1.54) is 19.6 Å². The van der Waals surface area contributed by atoms with Crippen molar-refractivity contribution in [2.45, 2.75) is 19.9 Å². The third-order valence-corrected chi connectivity index (χ3v) is 3.43. The Hall–Kier alpha value is -3.16. The Morgan fingerprint density at radius 2 is 2.08 bits per heavy atom. The molecule has 0 unspecified atom stereocenters. The second kappa shape index (κ2) is 8.62. The summed E-state index contributed by atoms with van der Waals surface area (Å²) in [4.78, 5) is 31.1. The molecule has 0 saturated heterocycles. The van der Waals surface area contributed by atoms with E-state index < -0.39 is 5.91 Å². The molecule has 0 aliphatic carbocycles. The van der Waals surface area contributed by atoms with E-state index in [9.17, 15) is 9.59 Å². The summed E-state index contributed by atoms with van der Waals surface area (Å²) < 4.78 is 10.5. The SMILES string of the molecule is CCc1ncncc1C(=O)NCc1ccc(OCC(N)=O)c(OC)c1. The van der Waals surface area contributed by atoms with Crippen molar-refractivity contribution in [1.82, 2.24) is 15.3 Å². The Kier molecular flexibility index (Phi) is 6.27. The number of carbonyl (C=O) groups is 2. The van der Waals surface area contributed by atoms with Gasteiger partial charge in [-0.3, -0.25) is 9.59 Å². The van der Waals surface area contributed by atoms with Crippen molar-refractivity contribution < 1.29 is 19.1 Å². The van der Waals surface area contributed by atoms with Crippen LogP contribution in [0.25, 0.3) is 0 Å². The fraction of sp³-hybridized carbons (Fsp3) is 0.294. The Morgan fingerprint density at radius 1 is 1.28 bits per heavy atom. The molecule has 0 atom stereocenters. The van der Waals surface area contributed by atoms with Crippen LogP contribution in [0, 0.1) is 0 Å². The summed E-state index contributed by atoms with van der Waals surface area (Å²) in [7, 11) is 1.49. The van der Waals surface area contributed by atoms with E-state index in [-0.39, 0.29) is 12.5 Å². The minimum Gasteiger partial charge on any atom is -0.493 e. The molecule has 0 radical (unpaired) electrons. The molecule has 1 aromatic heterocycles. The molecule has 25 heavy (non-hydrogen) atoms. The maximum atomic E-state index is 12.3. The molecule has 0 aliphatic rings. The predicted molar refractivity (Wildman–Crippen MR) is 90.3 cm³/mol. The van der Waals surface area contributed by atoms with E-state index in [0.717, 1.165) is 5.56 Å². The van der Waals surface area contributed by atoms with Crippen molar-refractivity contribution >= 4 is 11.8 Å². The van der Waals surface area contributed by atoms with Gasteiger partial charge in [0.05, 0.1) is 18.4 Å². The quantitative estimate of drug-likeness (QED) is 0.733. The van der Waals surface area contributed by atoms with Gasteiger partial charge in [0.2, 0.25) is 0 Å². The van der Waals surface area contributed by atoms with Gasteiger partial charge in [0.15, 0.2) is 18.1 Å². The standard InChI is InChI=1S/C17H20N4O4/c1-3-13-12(8-19-10-21-13)17(23)20-7-11-4-5-14(15(6-11)24-2)25-9-16(18)22/h4-6,8,10H,3,7,9H2,1-2H3,(H2,18,22)(H,20,23). The molecule has 0 aliphatic heterocycles. The molecule has 2 rings (SSSR count). The van der Waals surface area contributed by atoms with E-state index in [2.05, 4.69) is 15.3 Å². The predicted octanol–water partition coefficient (Wildman–Crippen LogP) is 0.842. The van der Waals surface area contributed by atoms with Gasteiger partial charge in [0, 0.05) is 12.7 Å². The van der Waals surface area contributed by atoms with E-state index in [1.807, 2.05) is 6.92 Å². The molecule has 0 saturated carbocycles. The Bertz CT molecular complexity index is 764. The van der Waals surface area contributed by atoms with Gasteiger partial charge < -0.3 is 20.5 Å². The first-order valence-electron chi connectivity index (χ1n) is 7.70. The average Bonchev–Trinajstić information content (AvgIpc) is 2.64. The minimum atomic E-state index is -0.574. The van der Waals surface area contributed by atoms with Crippen LogP contribution in [0.1, 0.15) is 28.5 Å². The summed E-state index contributed by atoms with van der Waals surface area (Å²) in [5.41, 5.74) is 7.02. The highest BCUT2D eigenvalue weighted by atomic mass is 16.5. The summed E-state index contributed by atoms with van der Waals surface area (Å²) in [5, 5.41) is 2.82. The highest BCUT2D eigenvalue weighted by Gasteiger charge is 2.12. The first-order chi connectivity index (χ1) is 12.0. The lowest BCUT2D eigenvalue weighted by Gasteiger charge is -2.12. The van der Waals surface area contributed by atoms with Gasteiger partial charge in [-0.1, -0.05) is 13.0 Å². The number of methoxy groups -OCH3 is 1. The van der Waals surface area contributed by atoms with Crippen LogP contribution in [-0.2, 0) is 17.8 Å². The highest BCUT2D eigenvalue weighted by molar-refractivity contribution is 5.94. The molecule has 2 amide bonds. The average molecular weight is 344 g/mol. The third kappa shape index (κ3) is 4.90. The van der Waals surface area contributed by atoms with Crippen LogP contribution in [0.2, 0.25) is 0 Å². The molecular weight excluding hydrogens is 324 g/mol. The number of hydrogen-bond donors (Lipinski definition) is 2. The van der Waals surface area contributed by atoms with Crippen molar-refractivity contribution in [2.75, 3.05) is 13.7 Å². The zero-order valence-corrected chi connectivity index (χ0v) is 14.1. The molecule has 8 nitrogen and oxygen atoms in total. The molecule has 0 spiro atoms. The number of benzene rings is 1. The summed E-state index contributed by atoms with van der Waals surface area (Å²) in [6.45, 7) is 1.98. The van der Waals surface area contributed by atoms with E-state index in [4.69, 9.17) is 15.2 Å². The number of carbonyl (C=O) groups excluding carboxylic acids is 2. The number of aryl methyl sites for hydroxylation is 1. The van der Waals surface area contributed by atoms with Gasteiger partial charge in [-0.05, 0) is 24.1 Å². The lowest BCUT2D eigenvalue weighted by Crippen LogP contribution is -2.24. The van der Waals surface area contributed by atoms with Gasteiger partial charge in [-0.25, -0.2) is 9.97 Å². The number of nitrogens with two attached hydrogens (primary N) is 1. The summed E-state index contributed by atoms with van der Waals surface area (Å²) >= 11 is 0. The van der Waals surface area contributed by atoms with Gasteiger partial charge in [0.25, 0.3) is 11.8 Å². The number of hydrogen-bond acceptors (Lipinski definition) is 6. The van der Waals surface area contributed by atoms with Crippen LogP contribution >= 0.6 is 0 Å². The van der Waals surface area contributed by atoms with Crippen molar-refractivity contribution in [3.05, 3.63) is 47.5 Å². The monoisotopic (exact) mass is 344 g/mol. The minimum absolute atomic E-state index is 0.236.